The number of benzene rings is 3. The van der Waals surface area contributed by atoms with Crippen LogP contribution in [0.2, 0.25) is 0 Å². The van der Waals surface area contributed by atoms with Gasteiger partial charge < -0.3 is 39.4 Å². The first-order valence-corrected chi connectivity index (χ1v) is 20.4. The highest BCUT2D eigenvalue weighted by Gasteiger charge is 2.60. The first-order valence-electron chi connectivity index (χ1n) is 19.4. The second-order valence-corrected chi connectivity index (χ2v) is 16.6. The van der Waals surface area contributed by atoms with Gasteiger partial charge in [-0.05, 0) is 57.0 Å². The molecule has 0 aliphatic carbocycles. The molecule has 0 aromatic heterocycles. The van der Waals surface area contributed by atoms with Crippen LogP contribution in [0, 0.1) is 25.2 Å². The fraction of sp³-hybridized carbons (Fsp3) is 0.419. The first-order chi connectivity index (χ1) is 28.3. The van der Waals surface area contributed by atoms with E-state index in [2.05, 4.69) is 26.5 Å². The lowest BCUT2D eigenvalue weighted by atomic mass is 9.71. The van der Waals surface area contributed by atoms with Crippen molar-refractivity contribution in [3.05, 3.63) is 81.4 Å². The fourth-order valence-electron chi connectivity index (χ4n) is 9.43. The molecule has 308 valence electrons. The molecule has 59 heavy (non-hydrogen) atoms. The van der Waals surface area contributed by atoms with Crippen LogP contribution in [0.15, 0.2) is 42.5 Å². The minimum atomic E-state index is -1.16. The van der Waals surface area contributed by atoms with Crippen LogP contribution in [0.1, 0.15) is 70.1 Å². The summed E-state index contributed by atoms with van der Waals surface area (Å²) in [6.45, 7) is 6.12. The number of nitrogens with one attached hydrogen (secondary N) is 2. The van der Waals surface area contributed by atoms with Crippen LogP contribution in [-0.4, -0.2) is 102 Å². The number of methoxy groups -OCH3 is 1. The summed E-state index contributed by atoms with van der Waals surface area (Å²) in [7, 11) is 3.45. The zero-order valence-corrected chi connectivity index (χ0v) is 34.3. The fourth-order valence-corrected chi connectivity index (χ4v) is 10.9. The largest absolute Gasteiger partial charge is 0.504 e. The van der Waals surface area contributed by atoms with E-state index in [1.165, 1.54) is 38.8 Å². The Bertz CT molecular complexity index is 2310. The molecule has 6 aliphatic rings. The Kier molecular flexibility index (Phi) is 10.7. The highest BCUT2D eigenvalue weighted by molar-refractivity contribution is 7.99. The number of aryl methyl sites for hydroxylation is 1. The number of ether oxygens (including phenoxy) is 5. The van der Waals surface area contributed by atoms with Crippen molar-refractivity contribution in [2.24, 2.45) is 0 Å². The minimum Gasteiger partial charge on any atom is -0.504 e. The third-order valence-electron chi connectivity index (χ3n) is 12.0. The molecule has 3 aromatic rings. The van der Waals surface area contributed by atoms with Gasteiger partial charge in [0, 0.05) is 53.1 Å². The Morgan fingerprint density at radius 2 is 1.83 bits per heavy atom. The van der Waals surface area contributed by atoms with Gasteiger partial charge in [0.05, 0.1) is 30.5 Å². The number of phenolic OH excluding ortho intramolecular Hbond substituents is 1. The summed E-state index contributed by atoms with van der Waals surface area (Å²) in [5, 5.41) is 27.8. The van der Waals surface area contributed by atoms with Crippen LogP contribution in [0.3, 0.4) is 0 Å². The number of carbonyl (C=O) groups is 4. The van der Waals surface area contributed by atoms with E-state index in [4.69, 9.17) is 23.7 Å². The Balaban J connectivity index is 1.22. The standard InChI is InChI=1S/C43H45N5O10S/c1-20-14-25-15-27-28(16-44)48-29-17-55-43(53)26(46-42(52)22(3)45-30(50)13-12-24-10-8-7-9-11-24)18-59-41(35(48)34(47(27)5)31(25)36(51)37(20)54-6)33-32(29)40-39(56-19-57-40)21(2)38(33)58-23(4)49/h7-14,22,26-29,34-35,41,51H,15,17-19H2,1-6H3,(H,45,50)(H,46,52)/b13-12+/t22?,26-,27+,28-,29-,34-,35?,41+/m0/s1. The van der Waals surface area contributed by atoms with Crippen molar-refractivity contribution in [1.29, 1.82) is 5.26 Å². The highest BCUT2D eigenvalue weighted by atomic mass is 32.2. The second-order valence-electron chi connectivity index (χ2n) is 15.4. The monoisotopic (exact) mass is 823 g/mol. The molecule has 3 N–H and O–H groups in total. The van der Waals surface area contributed by atoms with Crippen LogP contribution >= 0.6 is 11.8 Å². The molecule has 15 nitrogen and oxygen atoms in total. The molecule has 0 saturated carbocycles. The average molecular weight is 824 g/mol. The molecule has 6 heterocycles. The lowest BCUT2D eigenvalue weighted by molar-refractivity contribution is -0.152. The second kappa shape index (κ2) is 15.8. The van der Waals surface area contributed by atoms with E-state index in [1.54, 1.807) is 13.0 Å². The van der Waals surface area contributed by atoms with Crippen LogP contribution in [-0.2, 0) is 30.3 Å². The molecule has 16 heteroatoms. The van der Waals surface area contributed by atoms with E-state index in [9.17, 15) is 29.5 Å². The zero-order valence-electron chi connectivity index (χ0n) is 33.4. The number of hydrogen-bond acceptors (Lipinski definition) is 14. The van der Waals surface area contributed by atoms with Gasteiger partial charge in [-0.15, -0.1) is 11.8 Å². The maximum Gasteiger partial charge on any atom is 0.329 e. The zero-order chi connectivity index (χ0) is 41.9. The summed E-state index contributed by atoms with van der Waals surface area (Å²) in [6, 6.07) is 8.65. The molecule has 9 rings (SSSR count). The molecule has 2 saturated heterocycles. The van der Waals surface area contributed by atoms with E-state index in [0.717, 1.165) is 16.7 Å². The van der Waals surface area contributed by atoms with Crippen LogP contribution in [0.25, 0.3) is 6.08 Å². The van der Waals surface area contributed by atoms with Gasteiger partial charge in [0.1, 0.15) is 30.5 Å². The van der Waals surface area contributed by atoms with Gasteiger partial charge in [0.15, 0.2) is 23.0 Å². The number of thioether (sulfide) groups is 1. The number of phenols is 1. The topological polar surface area (TPSA) is 189 Å². The van der Waals surface area contributed by atoms with Gasteiger partial charge in [-0.2, -0.15) is 5.26 Å². The summed E-state index contributed by atoms with van der Waals surface area (Å²) in [4.78, 5) is 57.5. The number of piperazine rings is 1. The van der Waals surface area contributed by atoms with Gasteiger partial charge in [-0.25, -0.2) is 4.79 Å². The van der Waals surface area contributed by atoms with Gasteiger partial charge in [-0.1, -0.05) is 36.4 Å². The van der Waals surface area contributed by atoms with Crippen LogP contribution < -0.4 is 29.6 Å². The Morgan fingerprint density at radius 3 is 2.54 bits per heavy atom. The summed E-state index contributed by atoms with van der Waals surface area (Å²) in [6.07, 6.45) is 3.42. The highest BCUT2D eigenvalue weighted by Crippen LogP contribution is 2.64. The SMILES string of the molecule is COc1c(C)cc2c(c1O)[C@H]1C3[C@@H]4SC[C@H](NC(=O)C(C)NC(=O)/C=C/c5ccccc5)C(=O)OC[C@@H](c5c6c(c(C)c(OC(C)=O)c54)OCO6)N3[C@@H](C#N)[C@@H](C2)N1C. The molecule has 2 amide bonds. The maximum absolute atomic E-state index is 14.0. The first kappa shape index (κ1) is 40.0. The summed E-state index contributed by atoms with van der Waals surface area (Å²) >= 11 is 1.33. The quantitative estimate of drug-likeness (QED) is 0.177. The third kappa shape index (κ3) is 6.80. The van der Waals surface area contributed by atoms with E-state index >= 15 is 0 Å². The number of carbonyl (C=O) groups excluding carboxylic acids is 4. The number of likely N-dealkylation sites (N-methyl/N-ethyl adjacent to an activating group) is 1. The average Bonchev–Trinajstić information content (AvgIpc) is 3.70. The third-order valence-corrected chi connectivity index (χ3v) is 13.4. The van der Waals surface area contributed by atoms with Crippen molar-refractivity contribution in [3.63, 3.8) is 0 Å². The van der Waals surface area contributed by atoms with E-state index in [-0.39, 0.29) is 36.7 Å². The van der Waals surface area contributed by atoms with Crippen molar-refractivity contribution in [1.82, 2.24) is 20.4 Å². The molecule has 2 unspecified atom stereocenters. The Hall–Kier alpha value is -5.76. The summed E-state index contributed by atoms with van der Waals surface area (Å²) in [5.41, 5.74) is 4.85. The van der Waals surface area contributed by atoms with E-state index < -0.39 is 65.3 Å². The van der Waals surface area contributed by atoms with Gasteiger partial charge in [0.2, 0.25) is 18.6 Å². The normalized spacial score (nSPS) is 26.1. The minimum absolute atomic E-state index is 0.000332. The van der Waals surface area contributed by atoms with Crippen molar-refractivity contribution in [2.45, 2.75) is 81.7 Å². The molecule has 3 aromatic carbocycles. The Labute approximate surface area is 345 Å². The number of amides is 2. The molecule has 8 atom stereocenters. The van der Waals surface area contributed by atoms with Crippen LogP contribution in [0.5, 0.6) is 28.7 Å². The molecule has 2 fully saturated rings. The predicted molar refractivity (Wildman–Crippen MR) is 215 cm³/mol. The van der Waals surface area contributed by atoms with Crippen molar-refractivity contribution >= 4 is 41.6 Å². The number of rotatable bonds is 7. The lowest BCUT2D eigenvalue weighted by Crippen LogP contribution is -2.69. The number of aromatic hydroxyl groups is 1. The van der Waals surface area contributed by atoms with Gasteiger partial charge in [0.25, 0.3) is 0 Å². The molecule has 0 radical (unpaired) electrons. The molecular weight excluding hydrogens is 779 g/mol. The number of fused-ring (bicyclic) bond motifs is 10. The smallest absolute Gasteiger partial charge is 0.329 e. The summed E-state index contributed by atoms with van der Waals surface area (Å²) in [5.74, 6) is -0.956. The molecule has 0 spiro atoms. The Morgan fingerprint density at radius 1 is 1.08 bits per heavy atom. The molecular formula is C43H45N5O10S. The van der Waals surface area contributed by atoms with Crippen molar-refractivity contribution in [2.75, 3.05) is 33.3 Å². The summed E-state index contributed by atoms with van der Waals surface area (Å²) < 4.78 is 30.0. The number of nitriles is 1. The molecule has 6 aliphatic heterocycles. The molecule has 4 bridgehead atoms. The lowest BCUT2D eigenvalue weighted by Gasteiger charge is -2.61. The number of hydrogen-bond donors (Lipinski definition) is 3. The van der Waals surface area contributed by atoms with Crippen molar-refractivity contribution in [3.8, 4) is 34.8 Å². The number of nitrogens with zero attached hydrogens (tertiary/aromatic N) is 3. The van der Waals surface area contributed by atoms with Gasteiger partial charge >= 0.3 is 11.9 Å². The predicted octanol–water partition coefficient (Wildman–Crippen LogP) is 3.93. The van der Waals surface area contributed by atoms with Crippen LogP contribution in [0.4, 0.5) is 0 Å². The van der Waals surface area contributed by atoms with Crippen molar-refractivity contribution < 1.29 is 48.0 Å². The maximum atomic E-state index is 14.0. The number of esters is 2. The van der Waals surface area contributed by atoms with E-state index in [0.29, 0.717) is 45.9 Å². The van der Waals surface area contributed by atoms with Gasteiger partial charge in [-0.3, -0.25) is 24.2 Å². The van der Waals surface area contributed by atoms with E-state index in [1.807, 2.05) is 50.4 Å².